The first-order valence-corrected chi connectivity index (χ1v) is 7.10. The maximum absolute atomic E-state index is 12.9. The molecular formula is C13H15F3N6O. The van der Waals surface area contributed by atoms with Crippen molar-refractivity contribution in [3.8, 4) is 0 Å². The van der Waals surface area contributed by atoms with Gasteiger partial charge in [0.15, 0.2) is 11.5 Å². The minimum atomic E-state index is -4.51. The molecule has 0 saturated heterocycles. The minimum absolute atomic E-state index is 0.0299. The average Bonchev–Trinajstić information content (AvgIpc) is 3.09. The molecule has 0 saturated carbocycles. The predicted molar refractivity (Wildman–Crippen MR) is 72.0 cm³/mol. The number of nitrogens with zero attached hydrogens (tertiary/aromatic N) is 4. The Bertz CT molecular complexity index is 720. The van der Waals surface area contributed by atoms with E-state index in [9.17, 15) is 18.0 Å². The molecule has 124 valence electrons. The van der Waals surface area contributed by atoms with Gasteiger partial charge >= 0.3 is 6.18 Å². The van der Waals surface area contributed by atoms with Crippen molar-refractivity contribution in [3.63, 3.8) is 0 Å². The molecule has 1 aliphatic carbocycles. The van der Waals surface area contributed by atoms with E-state index in [1.165, 1.54) is 11.0 Å². The molecule has 0 spiro atoms. The average molecular weight is 328 g/mol. The summed E-state index contributed by atoms with van der Waals surface area (Å²) in [5.74, 6) is -0.348. The zero-order chi connectivity index (χ0) is 16.6. The molecule has 0 aromatic carbocycles. The molecule has 2 N–H and O–H groups in total. The van der Waals surface area contributed by atoms with Gasteiger partial charge in [0.1, 0.15) is 6.33 Å². The lowest BCUT2D eigenvalue weighted by Crippen LogP contribution is -2.34. The Kier molecular flexibility index (Phi) is 3.82. The lowest BCUT2D eigenvalue weighted by molar-refractivity contribution is -0.142. The largest absolute Gasteiger partial charge is 0.435 e. The van der Waals surface area contributed by atoms with Gasteiger partial charge in [-0.05, 0) is 19.3 Å². The third-order valence-electron chi connectivity index (χ3n) is 3.85. The molecule has 0 radical (unpaired) electrons. The Morgan fingerprint density at radius 2 is 2.30 bits per heavy atom. The summed E-state index contributed by atoms with van der Waals surface area (Å²) in [4.78, 5) is 16.2. The number of hydrogen-bond acceptors (Lipinski definition) is 4. The normalized spacial score (nSPS) is 17.8. The van der Waals surface area contributed by atoms with Gasteiger partial charge in [-0.25, -0.2) is 4.98 Å². The molecular weight excluding hydrogens is 313 g/mol. The van der Waals surface area contributed by atoms with Crippen LogP contribution in [0.25, 0.3) is 0 Å². The topological polar surface area (TPSA) is 88.5 Å². The first-order chi connectivity index (χ1) is 10.8. The molecule has 0 fully saturated rings. The fraction of sp³-hybridized carbons (Fsp3) is 0.538. The molecule has 3 rings (SSSR count). The molecule has 10 heteroatoms. The van der Waals surface area contributed by atoms with Gasteiger partial charge in [-0.2, -0.15) is 23.4 Å². The number of H-pyrrole nitrogens is 1. The van der Waals surface area contributed by atoms with E-state index in [0.29, 0.717) is 24.4 Å². The van der Waals surface area contributed by atoms with Gasteiger partial charge < -0.3 is 5.32 Å². The Labute approximate surface area is 129 Å². The van der Waals surface area contributed by atoms with E-state index in [2.05, 4.69) is 25.6 Å². The van der Waals surface area contributed by atoms with E-state index < -0.39 is 17.8 Å². The lowest BCUT2D eigenvalue weighted by atomic mass is 9.85. The summed E-state index contributed by atoms with van der Waals surface area (Å²) in [5, 5.41) is 12.5. The van der Waals surface area contributed by atoms with Crippen LogP contribution in [0.15, 0.2) is 6.33 Å². The molecule has 1 amide bonds. The molecule has 1 aliphatic rings. The fourth-order valence-electron chi connectivity index (χ4n) is 2.73. The first-order valence-electron chi connectivity index (χ1n) is 7.10. The van der Waals surface area contributed by atoms with Gasteiger partial charge in [-0.3, -0.25) is 14.6 Å². The monoisotopic (exact) mass is 328 g/mol. The second kappa shape index (κ2) is 5.67. The zero-order valence-corrected chi connectivity index (χ0v) is 12.3. The van der Waals surface area contributed by atoms with Crippen molar-refractivity contribution >= 4 is 5.91 Å². The summed E-state index contributed by atoms with van der Waals surface area (Å²) in [6.45, 7) is 0.153. The van der Waals surface area contributed by atoms with E-state index in [4.69, 9.17) is 0 Å². The van der Waals surface area contributed by atoms with Crippen molar-refractivity contribution in [1.82, 2.24) is 30.3 Å². The summed E-state index contributed by atoms with van der Waals surface area (Å²) in [7, 11) is 1.71. The number of aromatic amines is 1. The summed E-state index contributed by atoms with van der Waals surface area (Å²) in [6, 6.07) is 0. The highest BCUT2D eigenvalue weighted by molar-refractivity contribution is 5.79. The van der Waals surface area contributed by atoms with E-state index in [0.717, 1.165) is 0 Å². The number of aryl methyl sites for hydroxylation is 2. The minimum Gasteiger partial charge on any atom is -0.348 e. The molecule has 1 atom stereocenters. The summed E-state index contributed by atoms with van der Waals surface area (Å²) < 4.78 is 40.2. The number of halogens is 3. The fourth-order valence-corrected chi connectivity index (χ4v) is 2.73. The molecule has 0 aliphatic heterocycles. The molecule has 23 heavy (non-hydrogen) atoms. The van der Waals surface area contributed by atoms with Crippen molar-refractivity contribution in [2.75, 3.05) is 0 Å². The van der Waals surface area contributed by atoms with Crippen molar-refractivity contribution < 1.29 is 18.0 Å². The number of carbonyl (C=O) groups is 1. The van der Waals surface area contributed by atoms with Gasteiger partial charge in [-0.15, -0.1) is 0 Å². The van der Waals surface area contributed by atoms with Crippen LogP contribution in [-0.4, -0.2) is 30.9 Å². The number of aromatic nitrogens is 5. The molecule has 2 aromatic heterocycles. The Hall–Kier alpha value is -2.39. The van der Waals surface area contributed by atoms with E-state index >= 15 is 0 Å². The third-order valence-corrected chi connectivity index (χ3v) is 3.85. The lowest BCUT2D eigenvalue weighted by Gasteiger charge is -2.21. The summed E-state index contributed by atoms with van der Waals surface area (Å²) in [6.07, 6.45) is -2.12. The number of fused-ring (bicyclic) bond motifs is 1. The molecule has 7 nitrogen and oxygen atoms in total. The van der Waals surface area contributed by atoms with E-state index in [1.807, 2.05) is 0 Å². The van der Waals surface area contributed by atoms with Crippen molar-refractivity contribution in [3.05, 3.63) is 29.1 Å². The molecule has 2 heterocycles. The first kappa shape index (κ1) is 15.5. The quantitative estimate of drug-likeness (QED) is 0.879. The second-order valence-electron chi connectivity index (χ2n) is 5.52. The SMILES string of the molecule is Cn1cnc(CNC(=O)[C@@H]2CCc3[nH]nc(C(F)(F)F)c3C2)n1. The summed E-state index contributed by atoms with van der Waals surface area (Å²) >= 11 is 0. The maximum atomic E-state index is 12.9. The standard InChI is InChI=1S/C13H15F3N6O/c1-22-6-18-10(21-22)5-17-12(23)7-2-3-9-8(4-7)11(20-19-9)13(14,15)16/h6-7H,2-5H2,1H3,(H,17,23)(H,19,20)/t7-/m1/s1. The Morgan fingerprint density at radius 3 is 2.96 bits per heavy atom. The van der Waals surface area contributed by atoms with E-state index in [-0.39, 0.29) is 24.4 Å². The number of carbonyl (C=O) groups excluding carboxylic acids is 1. The van der Waals surface area contributed by atoms with Crippen LogP contribution in [0.5, 0.6) is 0 Å². The van der Waals surface area contributed by atoms with Crippen LogP contribution in [0, 0.1) is 5.92 Å². The van der Waals surface area contributed by atoms with Crippen LogP contribution in [0.4, 0.5) is 13.2 Å². The van der Waals surface area contributed by atoms with Crippen molar-refractivity contribution in [2.45, 2.75) is 32.0 Å². The highest BCUT2D eigenvalue weighted by Gasteiger charge is 2.40. The van der Waals surface area contributed by atoms with Crippen LogP contribution in [0.1, 0.15) is 29.2 Å². The van der Waals surface area contributed by atoms with Gasteiger partial charge in [0.2, 0.25) is 5.91 Å². The molecule has 0 bridgehead atoms. The number of amides is 1. The molecule has 0 unspecified atom stereocenters. The van der Waals surface area contributed by atoms with Gasteiger partial charge in [-0.1, -0.05) is 0 Å². The second-order valence-corrected chi connectivity index (χ2v) is 5.52. The van der Waals surface area contributed by atoms with Crippen molar-refractivity contribution in [1.29, 1.82) is 0 Å². The number of alkyl halides is 3. The van der Waals surface area contributed by atoms with Crippen LogP contribution in [0.3, 0.4) is 0 Å². The highest BCUT2D eigenvalue weighted by Crippen LogP contribution is 2.36. The molecule has 2 aromatic rings. The van der Waals surface area contributed by atoms with Crippen LogP contribution in [-0.2, 0) is 37.4 Å². The number of rotatable bonds is 3. The predicted octanol–water partition coefficient (Wildman–Crippen LogP) is 0.978. The maximum Gasteiger partial charge on any atom is 0.435 e. The van der Waals surface area contributed by atoms with Crippen LogP contribution < -0.4 is 5.32 Å². The highest BCUT2D eigenvalue weighted by atomic mass is 19.4. The van der Waals surface area contributed by atoms with Gasteiger partial charge in [0.05, 0.1) is 6.54 Å². The van der Waals surface area contributed by atoms with Crippen LogP contribution >= 0.6 is 0 Å². The van der Waals surface area contributed by atoms with E-state index in [1.54, 1.807) is 7.05 Å². The van der Waals surface area contributed by atoms with Crippen molar-refractivity contribution in [2.24, 2.45) is 13.0 Å². The Morgan fingerprint density at radius 1 is 1.52 bits per heavy atom. The zero-order valence-electron chi connectivity index (χ0n) is 12.3. The van der Waals surface area contributed by atoms with Crippen LogP contribution in [0.2, 0.25) is 0 Å². The third kappa shape index (κ3) is 3.20. The number of nitrogens with one attached hydrogen (secondary N) is 2. The van der Waals surface area contributed by atoms with Gasteiger partial charge in [0.25, 0.3) is 0 Å². The number of hydrogen-bond donors (Lipinski definition) is 2. The van der Waals surface area contributed by atoms with Gasteiger partial charge in [0, 0.05) is 24.2 Å². The summed E-state index contributed by atoms with van der Waals surface area (Å²) in [5.41, 5.74) is -0.357. The smallest absolute Gasteiger partial charge is 0.348 e. The Balaban J connectivity index is 1.66.